The number of amides is 1. The molecule has 2 rings (SSSR count). The summed E-state index contributed by atoms with van der Waals surface area (Å²) in [6.07, 6.45) is 0.696. The molecule has 1 fully saturated rings. The number of rotatable bonds is 4. The normalized spacial score (nSPS) is 16.9. The minimum atomic E-state index is -0.864. The van der Waals surface area contributed by atoms with Crippen LogP contribution in [-0.4, -0.2) is 46.7 Å². The molecule has 1 aliphatic heterocycles. The van der Waals surface area contributed by atoms with Gasteiger partial charge in [-0.25, -0.2) is 9.18 Å². The van der Waals surface area contributed by atoms with Gasteiger partial charge in [0.1, 0.15) is 5.82 Å². The van der Waals surface area contributed by atoms with E-state index in [0.29, 0.717) is 18.7 Å². The fourth-order valence-electron chi connectivity index (χ4n) is 2.85. The van der Waals surface area contributed by atoms with Gasteiger partial charge in [0.25, 0.3) is 0 Å². The Hall–Kier alpha value is -1.33. The number of nitrogens with zero attached hydrogens (tertiary/aromatic N) is 2. The minimum absolute atomic E-state index is 0.0629. The molecular formula is C15H20ClFN2O2. The van der Waals surface area contributed by atoms with Crippen LogP contribution in [0, 0.1) is 5.82 Å². The minimum Gasteiger partial charge on any atom is -0.465 e. The van der Waals surface area contributed by atoms with Gasteiger partial charge >= 0.3 is 6.09 Å². The van der Waals surface area contributed by atoms with Crippen molar-refractivity contribution in [2.45, 2.75) is 32.4 Å². The van der Waals surface area contributed by atoms with Gasteiger partial charge in [-0.3, -0.25) is 4.90 Å². The van der Waals surface area contributed by atoms with Gasteiger partial charge in [-0.05, 0) is 25.8 Å². The summed E-state index contributed by atoms with van der Waals surface area (Å²) in [6.45, 7) is 4.39. The molecule has 6 heteroatoms. The van der Waals surface area contributed by atoms with Crippen LogP contribution >= 0.6 is 11.6 Å². The van der Waals surface area contributed by atoms with Crippen molar-refractivity contribution in [2.75, 3.05) is 19.6 Å². The molecule has 1 heterocycles. The predicted octanol–water partition coefficient (Wildman–Crippen LogP) is 3.44. The number of hydrogen-bond acceptors (Lipinski definition) is 2. The Balaban J connectivity index is 1.92. The van der Waals surface area contributed by atoms with Crippen molar-refractivity contribution in [3.05, 3.63) is 34.6 Å². The molecular weight excluding hydrogens is 295 g/mol. The smallest absolute Gasteiger partial charge is 0.407 e. The second kappa shape index (κ2) is 7.09. The first-order chi connectivity index (χ1) is 10.0. The van der Waals surface area contributed by atoms with Crippen LogP contribution in [0.2, 0.25) is 5.02 Å². The maximum absolute atomic E-state index is 13.9. The fraction of sp³-hybridized carbons (Fsp3) is 0.533. The van der Waals surface area contributed by atoms with Crippen molar-refractivity contribution in [3.63, 3.8) is 0 Å². The van der Waals surface area contributed by atoms with E-state index in [-0.39, 0.29) is 16.9 Å². The highest BCUT2D eigenvalue weighted by molar-refractivity contribution is 6.30. The van der Waals surface area contributed by atoms with E-state index in [1.807, 2.05) is 6.92 Å². The molecule has 1 aromatic carbocycles. The number of piperidine rings is 1. The number of benzene rings is 1. The van der Waals surface area contributed by atoms with Crippen molar-refractivity contribution in [3.8, 4) is 0 Å². The van der Waals surface area contributed by atoms with Gasteiger partial charge in [-0.2, -0.15) is 0 Å². The second-order valence-electron chi connectivity index (χ2n) is 5.29. The number of carbonyl (C=O) groups is 1. The van der Waals surface area contributed by atoms with Crippen LogP contribution in [0.15, 0.2) is 18.2 Å². The van der Waals surface area contributed by atoms with Crippen LogP contribution in [0.25, 0.3) is 0 Å². The van der Waals surface area contributed by atoms with E-state index in [9.17, 15) is 9.18 Å². The van der Waals surface area contributed by atoms with Gasteiger partial charge in [0.2, 0.25) is 0 Å². The van der Waals surface area contributed by atoms with Crippen molar-refractivity contribution in [2.24, 2.45) is 0 Å². The zero-order valence-corrected chi connectivity index (χ0v) is 12.8. The maximum atomic E-state index is 13.9. The highest BCUT2D eigenvalue weighted by atomic mass is 35.5. The Morgan fingerprint density at radius 2 is 2.14 bits per heavy atom. The van der Waals surface area contributed by atoms with Gasteiger partial charge in [0.15, 0.2) is 0 Å². The van der Waals surface area contributed by atoms with E-state index in [0.717, 1.165) is 25.9 Å². The molecule has 0 saturated carbocycles. The third kappa shape index (κ3) is 3.86. The van der Waals surface area contributed by atoms with Crippen LogP contribution in [0.1, 0.15) is 25.3 Å². The molecule has 1 saturated heterocycles. The highest BCUT2D eigenvalue weighted by Gasteiger charge is 2.26. The Labute approximate surface area is 129 Å². The molecule has 0 spiro atoms. The van der Waals surface area contributed by atoms with E-state index in [4.69, 9.17) is 16.7 Å². The Morgan fingerprint density at radius 3 is 2.71 bits per heavy atom. The number of carboxylic acid groups (broad SMARTS) is 1. The zero-order valence-electron chi connectivity index (χ0n) is 12.1. The first-order valence-electron chi connectivity index (χ1n) is 7.17. The standard InChI is InChI=1S/C15H20ClFN2O2/c1-2-19(15(20)21)12-6-8-18(9-7-12)10-11-4-3-5-13(16)14(11)17/h3-5,12H,2,6-10H2,1H3,(H,20,21). The molecule has 1 N–H and O–H groups in total. The SMILES string of the molecule is CCN(C(=O)O)C1CCN(Cc2cccc(Cl)c2F)CC1. The van der Waals surface area contributed by atoms with Gasteiger partial charge in [0.05, 0.1) is 5.02 Å². The predicted molar refractivity (Wildman–Crippen MR) is 80.1 cm³/mol. The molecule has 1 aliphatic rings. The first kappa shape index (κ1) is 16.0. The summed E-state index contributed by atoms with van der Waals surface area (Å²) < 4.78 is 13.9. The molecule has 1 amide bonds. The molecule has 116 valence electrons. The summed E-state index contributed by atoms with van der Waals surface area (Å²) in [5.74, 6) is -0.359. The zero-order chi connectivity index (χ0) is 15.4. The average molecular weight is 315 g/mol. The van der Waals surface area contributed by atoms with Gasteiger partial charge in [-0.15, -0.1) is 0 Å². The van der Waals surface area contributed by atoms with Crippen LogP contribution in [0.4, 0.5) is 9.18 Å². The summed E-state index contributed by atoms with van der Waals surface area (Å²) in [6, 6.07) is 5.09. The van der Waals surface area contributed by atoms with E-state index in [2.05, 4.69) is 4.90 Å². The van der Waals surface area contributed by atoms with E-state index in [1.54, 1.807) is 18.2 Å². The summed E-state index contributed by atoms with van der Waals surface area (Å²) in [5.41, 5.74) is 0.589. The fourth-order valence-corrected chi connectivity index (χ4v) is 3.04. The molecule has 1 aromatic rings. The summed E-state index contributed by atoms with van der Waals surface area (Å²) >= 11 is 5.78. The molecule has 4 nitrogen and oxygen atoms in total. The Kier molecular flexibility index (Phi) is 5.42. The second-order valence-corrected chi connectivity index (χ2v) is 5.70. The van der Waals surface area contributed by atoms with Crippen molar-refractivity contribution in [1.82, 2.24) is 9.80 Å². The van der Waals surface area contributed by atoms with Crippen LogP contribution < -0.4 is 0 Å². The maximum Gasteiger partial charge on any atom is 0.407 e. The first-order valence-corrected chi connectivity index (χ1v) is 7.55. The molecule has 0 atom stereocenters. The molecule has 0 unspecified atom stereocenters. The third-order valence-corrected chi connectivity index (χ3v) is 4.30. The molecule has 0 aromatic heterocycles. The van der Waals surface area contributed by atoms with Crippen molar-refractivity contribution < 1.29 is 14.3 Å². The quantitative estimate of drug-likeness (QED) is 0.926. The molecule has 0 radical (unpaired) electrons. The number of likely N-dealkylation sites (tertiary alicyclic amines) is 1. The van der Waals surface area contributed by atoms with Crippen molar-refractivity contribution >= 4 is 17.7 Å². The van der Waals surface area contributed by atoms with Crippen LogP contribution in [-0.2, 0) is 6.54 Å². The molecule has 21 heavy (non-hydrogen) atoms. The van der Waals surface area contributed by atoms with E-state index < -0.39 is 6.09 Å². The molecule has 0 aliphatic carbocycles. The van der Waals surface area contributed by atoms with Gasteiger partial charge in [0, 0.05) is 37.8 Å². The van der Waals surface area contributed by atoms with Crippen LogP contribution in [0.5, 0.6) is 0 Å². The van der Waals surface area contributed by atoms with Crippen LogP contribution in [0.3, 0.4) is 0 Å². The lowest BCUT2D eigenvalue weighted by atomic mass is 10.0. The largest absolute Gasteiger partial charge is 0.465 e. The summed E-state index contributed by atoms with van der Waals surface area (Å²) in [7, 11) is 0. The van der Waals surface area contributed by atoms with Crippen molar-refractivity contribution in [1.29, 1.82) is 0 Å². The van der Waals surface area contributed by atoms with E-state index >= 15 is 0 Å². The summed E-state index contributed by atoms with van der Waals surface area (Å²) in [5, 5.41) is 9.29. The van der Waals surface area contributed by atoms with Gasteiger partial charge < -0.3 is 10.0 Å². The monoisotopic (exact) mass is 314 g/mol. The molecule has 0 bridgehead atoms. The third-order valence-electron chi connectivity index (χ3n) is 4.01. The number of halogens is 2. The average Bonchev–Trinajstić information content (AvgIpc) is 2.46. The highest BCUT2D eigenvalue weighted by Crippen LogP contribution is 2.22. The topological polar surface area (TPSA) is 43.8 Å². The lowest BCUT2D eigenvalue weighted by Crippen LogP contribution is -2.46. The Bertz CT molecular complexity index is 504. The summed E-state index contributed by atoms with van der Waals surface area (Å²) in [4.78, 5) is 14.8. The van der Waals surface area contributed by atoms with E-state index in [1.165, 1.54) is 4.90 Å². The lowest BCUT2D eigenvalue weighted by molar-refractivity contribution is 0.0914. The number of hydrogen-bond donors (Lipinski definition) is 1. The lowest BCUT2D eigenvalue weighted by Gasteiger charge is -2.36. The van der Waals surface area contributed by atoms with Gasteiger partial charge in [-0.1, -0.05) is 23.7 Å². The Morgan fingerprint density at radius 1 is 1.48 bits per heavy atom.